The van der Waals surface area contributed by atoms with Gasteiger partial charge in [-0.25, -0.2) is 9.78 Å². The first-order chi connectivity index (χ1) is 15.0. The third kappa shape index (κ3) is 4.94. The van der Waals surface area contributed by atoms with Gasteiger partial charge in [-0.15, -0.1) is 0 Å². The van der Waals surface area contributed by atoms with Crippen LogP contribution in [0.1, 0.15) is 34.7 Å². The number of amides is 1. The lowest BCUT2D eigenvalue weighted by molar-refractivity contribution is -0.135. The molecule has 31 heavy (non-hydrogen) atoms. The highest BCUT2D eigenvalue weighted by Crippen LogP contribution is 2.29. The minimum atomic E-state index is -0.669. The van der Waals surface area contributed by atoms with Crippen LogP contribution in [0.4, 0.5) is 0 Å². The van der Waals surface area contributed by atoms with Gasteiger partial charge < -0.3 is 18.8 Å². The van der Waals surface area contributed by atoms with E-state index in [-0.39, 0.29) is 24.2 Å². The van der Waals surface area contributed by atoms with Gasteiger partial charge in [-0.3, -0.25) is 4.79 Å². The van der Waals surface area contributed by atoms with Crippen LogP contribution in [0.25, 0.3) is 11.5 Å². The average Bonchev–Trinajstić information content (AvgIpc) is 3.57. The molecule has 160 valence electrons. The summed E-state index contributed by atoms with van der Waals surface area (Å²) in [6.07, 6.45) is 1.91. The van der Waals surface area contributed by atoms with Gasteiger partial charge in [0.2, 0.25) is 5.89 Å². The third-order valence-corrected chi connectivity index (χ3v) is 5.16. The molecule has 1 fully saturated rings. The standard InChI is InChI=1S/C24H24N2O5/c1-16-22(25-23(31-16)18-6-4-3-5-7-18)24(28)30-15-21(27)26(19-10-11-19)14-17-8-12-20(29-2)13-9-17/h3-9,12-13,19H,10-11,14-15H2,1-2H3. The zero-order valence-corrected chi connectivity index (χ0v) is 17.5. The number of oxazole rings is 1. The first-order valence-electron chi connectivity index (χ1n) is 10.2. The Morgan fingerprint density at radius 1 is 1.10 bits per heavy atom. The summed E-state index contributed by atoms with van der Waals surface area (Å²) >= 11 is 0. The number of aryl methyl sites for hydroxylation is 1. The van der Waals surface area contributed by atoms with E-state index in [0.29, 0.717) is 18.2 Å². The number of nitrogens with zero attached hydrogens (tertiary/aromatic N) is 2. The van der Waals surface area contributed by atoms with Crippen molar-refractivity contribution < 1.29 is 23.5 Å². The quantitative estimate of drug-likeness (QED) is 0.512. The first-order valence-corrected chi connectivity index (χ1v) is 10.2. The van der Waals surface area contributed by atoms with Crippen molar-refractivity contribution in [3.8, 4) is 17.2 Å². The fraction of sp³-hybridized carbons (Fsp3) is 0.292. The lowest BCUT2D eigenvalue weighted by Crippen LogP contribution is -2.36. The molecule has 1 aromatic heterocycles. The third-order valence-electron chi connectivity index (χ3n) is 5.16. The number of rotatable bonds is 8. The number of carbonyl (C=O) groups is 2. The Bertz CT molecular complexity index is 1060. The summed E-state index contributed by atoms with van der Waals surface area (Å²) in [7, 11) is 1.61. The Labute approximate surface area is 180 Å². The number of hydrogen-bond donors (Lipinski definition) is 0. The van der Waals surface area contributed by atoms with E-state index in [0.717, 1.165) is 29.7 Å². The predicted molar refractivity (Wildman–Crippen MR) is 114 cm³/mol. The van der Waals surface area contributed by atoms with E-state index in [1.165, 1.54) is 0 Å². The van der Waals surface area contributed by atoms with Crippen molar-refractivity contribution >= 4 is 11.9 Å². The summed E-state index contributed by atoms with van der Waals surface area (Å²) in [5.41, 5.74) is 1.84. The van der Waals surface area contributed by atoms with E-state index >= 15 is 0 Å². The van der Waals surface area contributed by atoms with E-state index in [4.69, 9.17) is 13.9 Å². The molecule has 1 saturated carbocycles. The lowest BCUT2D eigenvalue weighted by atomic mass is 10.2. The number of aromatic nitrogens is 1. The van der Waals surface area contributed by atoms with Crippen LogP contribution in [0.5, 0.6) is 5.75 Å². The molecule has 3 aromatic rings. The normalized spacial score (nSPS) is 13.0. The SMILES string of the molecule is COc1ccc(CN(C(=O)COC(=O)c2nc(-c3ccccc3)oc2C)C2CC2)cc1. The summed E-state index contributed by atoms with van der Waals surface area (Å²) in [5.74, 6) is 0.567. The molecule has 0 unspecified atom stereocenters. The van der Waals surface area contributed by atoms with Crippen LogP contribution < -0.4 is 4.74 Å². The van der Waals surface area contributed by atoms with Gasteiger partial charge in [0.15, 0.2) is 12.3 Å². The zero-order chi connectivity index (χ0) is 21.8. The summed E-state index contributed by atoms with van der Waals surface area (Å²) in [6, 6.07) is 17.1. The van der Waals surface area contributed by atoms with Crippen molar-refractivity contribution in [3.05, 3.63) is 71.6 Å². The van der Waals surface area contributed by atoms with Gasteiger partial charge in [0.1, 0.15) is 11.5 Å². The fourth-order valence-electron chi connectivity index (χ4n) is 3.30. The van der Waals surface area contributed by atoms with Crippen molar-refractivity contribution in [1.29, 1.82) is 0 Å². The van der Waals surface area contributed by atoms with Crippen LogP contribution in [0.15, 0.2) is 59.0 Å². The molecule has 0 radical (unpaired) electrons. The van der Waals surface area contributed by atoms with Crippen molar-refractivity contribution in [3.63, 3.8) is 0 Å². The van der Waals surface area contributed by atoms with Gasteiger partial charge in [0, 0.05) is 18.2 Å². The van der Waals surface area contributed by atoms with Crippen LogP contribution in [0.2, 0.25) is 0 Å². The maximum absolute atomic E-state index is 12.8. The highest BCUT2D eigenvalue weighted by molar-refractivity contribution is 5.91. The maximum atomic E-state index is 12.8. The number of hydrogen-bond acceptors (Lipinski definition) is 6. The Kier molecular flexibility index (Phi) is 6.02. The highest BCUT2D eigenvalue weighted by Gasteiger charge is 2.33. The topological polar surface area (TPSA) is 81.9 Å². The zero-order valence-electron chi connectivity index (χ0n) is 17.5. The molecule has 0 aliphatic heterocycles. The Balaban J connectivity index is 1.38. The van der Waals surface area contributed by atoms with Crippen molar-refractivity contribution in [2.24, 2.45) is 0 Å². The Morgan fingerprint density at radius 3 is 2.45 bits per heavy atom. The summed E-state index contributed by atoms with van der Waals surface area (Å²) in [4.78, 5) is 31.3. The number of methoxy groups -OCH3 is 1. The van der Waals surface area contributed by atoms with Gasteiger partial charge in [0.05, 0.1) is 7.11 Å². The molecule has 7 nitrogen and oxygen atoms in total. The molecule has 1 aliphatic carbocycles. The number of benzene rings is 2. The largest absolute Gasteiger partial charge is 0.497 e. The Hall–Kier alpha value is -3.61. The van der Waals surface area contributed by atoms with Crippen molar-refractivity contribution in [2.75, 3.05) is 13.7 Å². The predicted octanol–water partition coefficient (Wildman–Crippen LogP) is 4.01. The molecule has 0 bridgehead atoms. The van der Waals surface area contributed by atoms with Crippen LogP contribution in [0.3, 0.4) is 0 Å². The summed E-state index contributed by atoms with van der Waals surface area (Å²) < 4.78 is 16.1. The van der Waals surface area contributed by atoms with Gasteiger partial charge in [0.25, 0.3) is 5.91 Å². The highest BCUT2D eigenvalue weighted by atomic mass is 16.5. The van der Waals surface area contributed by atoms with Crippen LogP contribution >= 0.6 is 0 Å². The summed E-state index contributed by atoms with van der Waals surface area (Å²) in [5, 5.41) is 0. The van der Waals surface area contributed by atoms with Gasteiger partial charge in [-0.1, -0.05) is 30.3 Å². The van der Waals surface area contributed by atoms with E-state index in [1.54, 1.807) is 18.9 Å². The number of carbonyl (C=O) groups excluding carboxylic acids is 2. The van der Waals surface area contributed by atoms with Gasteiger partial charge in [-0.2, -0.15) is 0 Å². The van der Waals surface area contributed by atoms with E-state index < -0.39 is 5.97 Å². The fourth-order valence-corrected chi connectivity index (χ4v) is 3.30. The van der Waals surface area contributed by atoms with E-state index in [9.17, 15) is 9.59 Å². The number of ether oxygens (including phenoxy) is 2. The molecule has 7 heteroatoms. The summed E-state index contributed by atoms with van der Waals surface area (Å²) in [6.45, 7) is 1.78. The minimum absolute atomic E-state index is 0.0831. The smallest absolute Gasteiger partial charge is 0.361 e. The van der Waals surface area contributed by atoms with Crippen LogP contribution in [0, 0.1) is 6.92 Å². The molecule has 0 atom stereocenters. The molecule has 0 spiro atoms. The molecule has 1 heterocycles. The molecule has 2 aromatic carbocycles. The number of esters is 1. The van der Waals surface area contributed by atoms with Crippen LogP contribution in [-0.2, 0) is 16.1 Å². The second kappa shape index (κ2) is 9.04. The van der Waals surface area contributed by atoms with Crippen molar-refractivity contribution in [1.82, 2.24) is 9.88 Å². The van der Waals surface area contributed by atoms with E-state index in [2.05, 4.69) is 4.98 Å². The molecule has 0 saturated heterocycles. The first kappa shape index (κ1) is 20.7. The molecule has 1 aliphatic rings. The maximum Gasteiger partial charge on any atom is 0.361 e. The van der Waals surface area contributed by atoms with Gasteiger partial charge >= 0.3 is 5.97 Å². The second-order valence-corrected chi connectivity index (χ2v) is 7.47. The molecule has 4 rings (SSSR count). The van der Waals surface area contributed by atoms with E-state index in [1.807, 2.05) is 54.6 Å². The molecular formula is C24H24N2O5. The monoisotopic (exact) mass is 420 g/mol. The average molecular weight is 420 g/mol. The van der Waals surface area contributed by atoms with Crippen molar-refractivity contribution in [2.45, 2.75) is 32.4 Å². The minimum Gasteiger partial charge on any atom is -0.497 e. The molecule has 1 amide bonds. The lowest BCUT2D eigenvalue weighted by Gasteiger charge is -2.22. The van der Waals surface area contributed by atoms with Crippen LogP contribution in [-0.4, -0.2) is 41.5 Å². The second-order valence-electron chi connectivity index (χ2n) is 7.47. The molecule has 0 N–H and O–H groups in total. The van der Waals surface area contributed by atoms with Gasteiger partial charge in [-0.05, 0) is 49.6 Å². The Morgan fingerprint density at radius 2 is 1.81 bits per heavy atom. The molecular weight excluding hydrogens is 396 g/mol.